The van der Waals surface area contributed by atoms with Crippen molar-refractivity contribution >= 4 is 17.7 Å². The van der Waals surface area contributed by atoms with Gasteiger partial charge in [0.05, 0.1) is 24.7 Å². The zero-order chi connectivity index (χ0) is 21.0. The molecule has 5 rings (SSSR count). The highest BCUT2D eigenvalue weighted by atomic mass is 32.2. The fourth-order valence-electron chi connectivity index (χ4n) is 3.60. The summed E-state index contributed by atoms with van der Waals surface area (Å²) in [5.74, 6) is 2.21. The van der Waals surface area contributed by atoms with E-state index in [1.165, 1.54) is 11.8 Å². The molecule has 0 spiro atoms. The Kier molecular flexibility index (Phi) is 5.45. The van der Waals surface area contributed by atoms with Crippen LogP contribution in [0.4, 0.5) is 0 Å². The minimum Gasteiger partial charge on any atom is -0.493 e. The average Bonchev–Trinajstić information content (AvgIpc) is 3.48. The number of nitrogens with one attached hydrogen (secondary N) is 1. The number of rotatable bonds is 6. The summed E-state index contributed by atoms with van der Waals surface area (Å²) in [5, 5.41) is 12.4. The van der Waals surface area contributed by atoms with Crippen molar-refractivity contribution in [3.8, 4) is 23.0 Å². The first-order chi connectivity index (χ1) is 15.3. The maximum Gasteiger partial charge on any atom is 0.230 e. The molecule has 1 N–H and O–H groups in total. The van der Waals surface area contributed by atoms with E-state index in [2.05, 4.69) is 15.5 Å². The highest BCUT2D eigenvalue weighted by Gasteiger charge is 2.23. The van der Waals surface area contributed by atoms with Gasteiger partial charge < -0.3 is 14.5 Å². The van der Waals surface area contributed by atoms with E-state index in [0.717, 1.165) is 23.4 Å². The lowest BCUT2D eigenvalue weighted by Gasteiger charge is -2.26. The van der Waals surface area contributed by atoms with Gasteiger partial charge in [0, 0.05) is 17.7 Å². The standard InChI is InChI=1S/C23H20N4O3S/c28-21(24-18-12-14-30-19-10-5-4-9-17(18)19)15-31-23-26-25-22(20-11-6-13-29-20)27(23)16-7-2-1-3-8-16/h1-11,13,18H,12,14-15H2,(H,24,28). The molecule has 0 aliphatic carbocycles. The molecule has 0 fully saturated rings. The van der Waals surface area contributed by atoms with Crippen LogP contribution < -0.4 is 10.1 Å². The quantitative estimate of drug-likeness (QED) is 0.459. The molecule has 1 aliphatic heterocycles. The summed E-state index contributed by atoms with van der Waals surface area (Å²) in [5.41, 5.74) is 1.92. The minimum atomic E-state index is -0.0612. The summed E-state index contributed by atoms with van der Waals surface area (Å²) in [4.78, 5) is 12.7. The minimum absolute atomic E-state index is 0.0521. The molecule has 4 aromatic rings. The van der Waals surface area contributed by atoms with E-state index >= 15 is 0 Å². The molecule has 2 aromatic heterocycles. The summed E-state index contributed by atoms with van der Waals surface area (Å²) in [6.45, 7) is 0.587. The molecule has 31 heavy (non-hydrogen) atoms. The summed E-state index contributed by atoms with van der Waals surface area (Å²) < 4.78 is 13.1. The molecule has 0 saturated heterocycles. The molecule has 1 unspecified atom stereocenters. The van der Waals surface area contributed by atoms with Crippen molar-refractivity contribution in [1.29, 1.82) is 0 Å². The van der Waals surface area contributed by atoms with Crippen LogP contribution in [-0.2, 0) is 4.79 Å². The van der Waals surface area contributed by atoms with Crippen molar-refractivity contribution in [3.05, 3.63) is 78.6 Å². The van der Waals surface area contributed by atoms with Crippen LogP contribution >= 0.6 is 11.8 Å². The average molecular weight is 433 g/mol. The van der Waals surface area contributed by atoms with Gasteiger partial charge in [-0.3, -0.25) is 9.36 Å². The number of carbonyl (C=O) groups excluding carboxylic acids is 1. The van der Waals surface area contributed by atoms with Gasteiger partial charge in [-0.15, -0.1) is 10.2 Å². The van der Waals surface area contributed by atoms with E-state index < -0.39 is 0 Å². The van der Waals surface area contributed by atoms with Gasteiger partial charge in [-0.05, 0) is 30.3 Å². The maximum atomic E-state index is 12.7. The van der Waals surface area contributed by atoms with Gasteiger partial charge in [-0.2, -0.15) is 0 Å². The lowest BCUT2D eigenvalue weighted by atomic mass is 10.0. The Bertz CT molecular complexity index is 1170. The van der Waals surface area contributed by atoms with Crippen molar-refractivity contribution in [2.24, 2.45) is 0 Å². The van der Waals surface area contributed by atoms with Gasteiger partial charge in [0.15, 0.2) is 10.9 Å². The van der Waals surface area contributed by atoms with E-state index in [1.807, 2.05) is 71.3 Å². The molecule has 8 heteroatoms. The zero-order valence-electron chi connectivity index (χ0n) is 16.6. The topological polar surface area (TPSA) is 82.2 Å². The molecule has 0 bridgehead atoms. The summed E-state index contributed by atoms with van der Waals surface area (Å²) in [7, 11) is 0. The van der Waals surface area contributed by atoms with Crippen LogP contribution in [0.15, 0.2) is 82.6 Å². The first-order valence-electron chi connectivity index (χ1n) is 9.98. The first kappa shape index (κ1) is 19.4. The number of benzene rings is 2. The van der Waals surface area contributed by atoms with Crippen molar-refractivity contribution < 1.29 is 13.9 Å². The molecule has 2 aromatic carbocycles. The number of amides is 1. The molecule has 0 saturated carbocycles. The van der Waals surface area contributed by atoms with Crippen LogP contribution in [0.2, 0.25) is 0 Å². The summed E-state index contributed by atoms with van der Waals surface area (Å²) >= 11 is 1.34. The number of fused-ring (bicyclic) bond motifs is 1. The second kappa shape index (κ2) is 8.69. The van der Waals surface area contributed by atoms with Crippen LogP contribution in [0.5, 0.6) is 5.75 Å². The van der Waals surface area contributed by atoms with Crippen LogP contribution in [-0.4, -0.2) is 33.0 Å². The maximum absolute atomic E-state index is 12.7. The predicted molar refractivity (Wildman–Crippen MR) is 117 cm³/mol. The van der Waals surface area contributed by atoms with Gasteiger partial charge in [0.25, 0.3) is 0 Å². The Balaban J connectivity index is 1.34. The van der Waals surface area contributed by atoms with Gasteiger partial charge in [-0.25, -0.2) is 0 Å². The van der Waals surface area contributed by atoms with E-state index in [0.29, 0.717) is 23.3 Å². The summed E-state index contributed by atoms with van der Waals surface area (Å²) in [6, 6.07) is 21.2. The third kappa shape index (κ3) is 4.06. The number of thioether (sulfide) groups is 1. The fourth-order valence-corrected chi connectivity index (χ4v) is 4.36. The smallest absolute Gasteiger partial charge is 0.230 e. The number of ether oxygens (including phenoxy) is 1. The lowest BCUT2D eigenvalue weighted by Crippen LogP contribution is -2.33. The molecule has 1 aliphatic rings. The third-order valence-electron chi connectivity index (χ3n) is 5.02. The number of hydrogen-bond donors (Lipinski definition) is 1. The van der Waals surface area contributed by atoms with E-state index in [4.69, 9.17) is 9.15 Å². The lowest BCUT2D eigenvalue weighted by molar-refractivity contribution is -0.119. The van der Waals surface area contributed by atoms with Crippen molar-refractivity contribution in [2.75, 3.05) is 12.4 Å². The molecular weight excluding hydrogens is 412 g/mol. The Morgan fingerprint density at radius 3 is 2.74 bits per heavy atom. The van der Waals surface area contributed by atoms with E-state index in [1.54, 1.807) is 6.26 Å². The van der Waals surface area contributed by atoms with E-state index in [9.17, 15) is 4.79 Å². The second-order valence-corrected chi connectivity index (χ2v) is 7.98. The molecule has 7 nitrogen and oxygen atoms in total. The Hall–Kier alpha value is -3.52. The van der Waals surface area contributed by atoms with Gasteiger partial charge in [0.1, 0.15) is 5.75 Å². The third-order valence-corrected chi connectivity index (χ3v) is 5.94. The summed E-state index contributed by atoms with van der Waals surface area (Å²) in [6.07, 6.45) is 2.35. The highest BCUT2D eigenvalue weighted by molar-refractivity contribution is 7.99. The Morgan fingerprint density at radius 1 is 1.06 bits per heavy atom. The van der Waals surface area contributed by atoms with Crippen LogP contribution in [0.25, 0.3) is 17.3 Å². The molecule has 3 heterocycles. The second-order valence-electron chi connectivity index (χ2n) is 7.04. The van der Waals surface area contributed by atoms with Gasteiger partial charge in [-0.1, -0.05) is 48.2 Å². The number of nitrogens with zero attached hydrogens (tertiary/aromatic N) is 3. The van der Waals surface area contributed by atoms with Crippen molar-refractivity contribution in [3.63, 3.8) is 0 Å². The Labute approximate surface area is 183 Å². The first-order valence-corrected chi connectivity index (χ1v) is 11.0. The fraction of sp³-hybridized carbons (Fsp3) is 0.174. The molecule has 1 amide bonds. The van der Waals surface area contributed by atoms with Crippen LogP contribution in [0.1, 0.15) is 18.0 Å². The SMILES string of the molecule is O=C(CSc1nnc(-c2ccco2)n1-c1ccccc1)NC1CCOc2ccccc21. The molecular formula is C23H20N4O3S. The number of carbonyl (C=O) groups is 1. The van der Waals surface area contributed by atoms with Gasteiger partial charge >= 0.3 is 0 Å². The van der Waals surface area contributed by atoms with E-state index in [-0.39, 0.29) is 17.7 Å². The monoisotopic (exact) mass is 432 g/mol. The Morgan fingerprint density at radius 2 is 1.90 bits per heavy atom. The molecule has 0 radical (unpaired) electrons. The highest BCUT2D eigenvalue weighted by Crippen LogP contribution is 2.32. The van der Waals surface area contributed by atoms with Crippen LogP contribution in [0, 0.1) is 0 Å². The predicted octanol–water partition coefficient (Wildman–Crippen LogP) is 4.26. The number of aromatic nitrogens is 3. The number of furan rings is 1. The van der Waals surface area contributed by atoms with Crippen LogP contribution in [0.3, 0.4) is 0 Å². The van der Waals surface area contributed by atoms with Gasteiger partial charge in [0.2, 0.25) is 11.7 Å². The number of para-hydroxylation sites is 2. The van der Waals surface area contributed by atoms with Crippen molar-refractivity contribution in [1.82, 2.24) is 20.1 Å². The zero-order valence-corrected chi connectivity index (χ0v) is 17.4. The largest absolute Gasteiger partial charge is 0.493 e. The number of hydrogen-bond acceptors (Lipinski definition) is 6. The van der Waals surface area contributed by atoms with Crippen molar-refractivity contribution in [2.45, 2.75) is 17.6 Å². The molecule has 1 atom stereocenters. The normalized spacial score (nSPS) is 15.2. The molecule has 156 valence electrons.